The summed E-state index contributed by atoms with van der Waals surface area (Å²) in [6.45, 7) is 5.94. The van der Waals surface area contributed by atoms with Crippen molar-refractivity contribution in [2.45, 2.75) is 64.8 Å². The monoisotopic (exact) mass is 437 g/mol. The number of aryl methyl sites for hydroxylation is 1. The Hall–Kier alpha value is -2.70. The number of carboxylic acid groups (broad SMARTS) is 1. The summed E-state index contributed by atoms with van der Waals surface area (Å²) in [5, 5.41) is 11.6. The number of ether oxygens (including phenoxy) is 2. The number of aromatic nitrogens is 1. The van der Waals surface area contributed by atoms with E-state index in [0.29, 0.717) is 25.0 Å². The molecule has 1 heterocycles. The van der Waals surface area contributed by atoms with Crippen LogP contribution in [0, 0.1) is 12.8 Å². The fourth-order valence-electron chi connectivity index (χ4n) is 4.14. The zero-order valence-corrected chi connectivity index (χ0v) is 19.0. The lowest BCUT2D eigenvalue weighted by molar-refractivity contribution is -0.163. The van der Waals surface area contributed by atoms with Crippen LogP contribution >= 0.6 is 0 Å². The van der Waals surface area contributed by atoms with Gasteiger partial charge in [0, 0.05) is 5.56 Å². The van der Waals surface area contributed by atoms with E-state index in [1.165, 1.54) is 5.39 Å². The summed E-state index contributed by atoms with van der Waals surface area (Å²) in [4.78, 5) is 15.9. The Kier molecular flexibility index (Phi) is 6.63. The molecule has 6 nitrogen and oxygen atoms in total. The standard InChI is InChI=1S/C26H31NO5/c1-17-23(27-24(32-17)21-12-11-19-8-4-5-9-20(19)14-21)16-30-22-10-6-7-18(13-22)15-31-26(2,3)25(28)29/h4-5,8-9,11-12,14,18,22H,6-7,10,13,15-16H2,1-3H3,(H,28,29)/t18-,22+/m1/s1. The molecule has 0 radical (unpaired) electrons. The summed E-state index contributed by atoms with van der Waals surface area (Å²) in [5.41, 5.74) is 0.609. The molecule has 1 fully saturated rings. The van der Waals surface area contributed by atoms with E-state index in [4.69, 9.17) is 18.9 Å². The van der Waals surface area contributed by atoms with E-state index in [-0.39, 0.29) is 6.10 Å². The minimum atomic E-state index is -1.16. The average Bonchev–Trinajstić information content (AvgIpc) is 3.17. The van der Waals surface area contributed by atoms with Crippen LogP contribution in [0.3, 0.4) is 0 Å². The van der Waals surface area contributed by atoms with Crippen LogP contribution in [-0.4, -0.2) is 34.4 Å². The van der Waals surface area contributed by atoms with E-state index in [1.54, 1.807) is 13.8 Å². The number of oxazole rings is 1. The second-order valence-electron chi connectivity index (χ2n) is 9.18. The molecule has 0 amide bonds. The predicted octanol–water partition coefficient (Wildman–Crippen LogP) is 5.76. The smallest absolute Gasteiger partial charge is 0.335 e. The highest BCUT2D eigenvalue weighted by Gasteiger charge is 2.31. The molecule has 32 heavy (non-hydrogen) atoms. The molecule has 0 spiro atoms. The van der Waals surface area contributed by atoms with Gasteiger partial charge in [0.2, 0.25) is 5.89 Å². The molecular weight excluding hydrogens is 406 g/mol. The molecule has 1 saturated carbocycles. The summed E-state index contributed by atoms with van der Waals surface area (Å²) in [5.74, 6) is 0.744. The number of hydrogen-bond donors (Lipinski definition) is 1. The van der Waals surface area contributed by atoms with Gasteiger partial charge in [-0.3, -0.25) is 0 Å². The van der Waals surface area contributed by atoms with E-state index in [2.05, 4.69) is 24.3 Å². The number of carboxylic acids is 1. The highest BCUT2D eigenvalue weighted by atomic mass is 16.5. The van der Waals surface area contributed by atoms with Gasteiger partial charge in [0.05, 0.1) is 19.3 Å². The van der Waals surface area contributed by atoms with Crippen molar-refractivity contribution in [2.75, 3.05) is 6.61 Å². The maximum Gasteiger partial charge on any atom is 0.335 e. The third-order valence-corrected chi connectivity index (χ3v) is 6.27. The first kappa shape index (κ1) is 22.5. The summed E-state index contributed by atoms with van der Waals surface area (Å²) in [6, 6.07) is 14.4. The molecule has 4 rings (SSSR count). The fourth-order valence-corrected chi connectivity index (χ4v) is 4.14. The quantitative estimate of drug-likeness (QED) is 0.483. The molecule has 3 aromatic rings. The maximum atomic E-state index is 11.3. The highest BCUT2D eigenvalue weighted by Crippen LogP contribution is 2.30. The van der Waals surface area contributed by atoms with Gasteiger partial charge in [0.25, 0.3) is 0 Å². The molecule has 170 valence electrons. The van der Waals surface area contributed by atoms with Crippen LogP contribution in [-0.2, 0) is 20.9 Å². The van der Waals surface area contributed by atoms with Crippen molar-refractivity contribution in [1.29, 1.82) is 0 Å². The van der Waals surface area contributed by atoms with Crippen LogP contribution in [0.15, 0.2) is 46.9 Å². The zero-order valence-electron chi connectivity index (χ0n) is 19.0. The molecular formula is C26H31NO5. The van der Waals surface area contributed by atoms with E-state index in [9.17, 15) is 9.90 Å². The van der Waals surface area contributed by atoms with Gasteiger partial charge in [-0.1, -0.05) is 36.8 Å². The molecule has 0 unspecified atom stereocenters. The molecule has 2 atom stereocenters. The van der Waals surface area contributed by atoms with E-state index < -0.39 is 11.6 Å². The lowest BCUT2D eigenvalue weighted by Crippen LogP contribution is -2.37. The fraction of sp³-hybridized carbons (Fsp3) is 0.462. The summed E-state index contributed by atoms with van der Waals surface area (Å²) in [6.07, 6.45) is 4.06. The zero-order chi connectivity index (χ0) is 22.7. The van der Waals surface area contributed by atoms with Crippen molar-refractivity contribution >= 4 is 16.7 Å². The first-order valence-corrected chi connectivity index (χ1v) is 11.3. The Morgan fingerprint density at radius 3 is 2.75 bits per heavy atom. The third kappa shape index (κ3) is 5.19. The van der Waals surface area contributed by atoms with Crippen molar-refractivity contribution in [3.8, 4) is 11.5 Å². The van der Waals surface area contributed by atoms with Gasteiger partial charge >= 0.3 is 5.97 Å². The average molecular weight is 438 g/mol. The highest BCUT2D eigenvalue weighted by molar-refractivity contribution is 5.86. The molecule has 1 aliphatic carbocycles. The molecule has 0 bridgehead atoms. The number of rotatable bonds is 8. The normalized spacial score (nSPS) is 19.3. The minimum Gasteiger partial charge on any atom is -0.479 e. The van der Waals surface area contributed by atoms with Crippen LogP contribution < -0.4 is 0 Å². The van der Waals surface area contributed by atoms with Crippen LogP contribution in [0.1, 0.15) is 51.0 Å². The Morgan fingerprint density at radius 1 is 1.19 bits per heavy atom. The Labute approximate surface area is 188 Å². The third-order valence-electron chi connectivity index (χ3n) is 6.27. The van der Waals surface area contributed by atoms with Gasteiger partial charge in [-0.05, 0) is 68.9 Å². The van der Waals surface area contributed by atoms with Crippen molar-refractivity contribution < 1.29 is 23.8 Å². The lowest BCUT2D eigenvalue weighted by Gasteiger charge is -2.31. The van der Waals surface area contributed by atoms with E-state index in [1.807, 2.05) is 25.1 Å². The van der Waals surface area contributed by atoms with Crippen molar-refractivity contribution in [1.82, 2.24) is 4.98 Å². The molecule has 2 aromatic carbocycles. The van der Waals surface area contributed by atoms with Crippen molar-refractivity contribution in [3.63, 3.8) is 0 Å². The summed E-state index contributed by atoms with van der Waals surface area (Å²) >= 11 is 0. The van der Waals surface area contributed by atoms with Gasteiger partial charge in [-0.15, -0.1) is 0 Å². The number of benzene rings is 2. The number of aliphatic carboxylic acids is 1. The van der Waals surface area contributed by atoms with Gasteiger partial charge in [-0.25, -0.2) is 9.78 Å². The maximum absolute atomic E-state index is 11.3. The molecule has 1 aromatic heterocycles. The van der Waals surface area contributed by atoms with Gasteiger partial charge in [0.15, 0.2) is 5.60 Å². The molecule has 0 saturated heterocycles. The first-order chi connectivity index (χ1) is 15.3. The molecule has 1 aliphatic rings. The van der Waals surface area contributed by atoms with E-state index in [0.717, 1.165) is 48.1 Å². The Morgan fingerprint density at radius 2 is 1.97 bits per heavy atom. The first-order valence-electron chi connectivity index (χ1n) is 11.3. The molecule has 6 heteroatoms. The summed E-state index contributed by atoms with van der Waals surface area (Å²) < 4.78 is 17.8. The molecule has 0 aliphatic heterocycles. The number of nitrogens with zero attached hydrogens (tertiary/aromatic N) is 1. The number of carbonyl (C=O) groups is 1. The topological polar surface area (TPSA) is 81.8 Å². The minimum absolute atomic E-state index is 0.116. The van der Waals surface area contributed by atoms with Crippen LogP contribution in [0.5, 0.6) is 0 Å². The van der Waals surface area contributed by atoms with Gasteiger partial charge < -0.3 is 19.0 Å². The number of hydrogen-bond acceptors (Lipinski definition) is 5. The summed E-state index contributed by atoms with van der Waals surface area (Å²) in [7, 11) is 0. The van der Waals surface area contributed by atoms with Gasteiger partial charge in [0.1, 0.15) is 11.5 Å². The van der Waals surface area contributed by atoms with E-state index >= 15 is 0 Å². The van der Waals surface area contributed by atoms with Gasteiger partial charge in [-0.2, -0.15) is 0 Å². The lowest BCUT2D eigenvalue weighted by atomic mass is 9.87. The van der Waals surface area contributed by atoms with Crippen LogP contribution in [0.4, 0.5) is 0 Å². The van der Waals surface area contributed by atoms with Crippen molar-refractivity contribution in [2.24, 2.45) is 5.92 Å². The second-order valence-corrected chi connectivity index (χ2v) is 9.18. The predicted molar refractivity (Wildman–Crippen MR) is 122 cm³/mol. The number of fused-ring (bicyclic) bond motifs is 1. The Bertz CT molecular complexity index is 1090. The van der Waals surface area contributed by atoms with Crippen molar-refractivity contribution in [3.05, 3.63) is 53.9 Å². The molecule has 1 N–H and O–H groups in total. The SMILES string of the molecule is Cc1oc(-c2ccc3ccccc3c2)nc1CO[C@H]1CCC[C@@H](COC(C)(C)C(=O)O)C1. The Balaban J connectivity index is 1.35. The second kappa shape index (κ2) is 9.43. The van der Waals surface area contributed by atoms with Crippen LogP contribution in [0.25, 0.3) is 22.2 Å². The largest absolute Gasteiger partial charge is 0.479 e. The van der Waals surface area contributed by atoms with Crippen LogP contribution in [0.2, 0.25) is 0 Å².